The van der Waals surface area contributed by atoms with Crippen molar-refractivity contribution in [3.8, 4) is 28.7 Å². The molecule has 2 aromatic carbocycles. The van der Waals surface area contributed by atoms with Crippen LogP contribution in [0.3, 0.4) is 0 Å². The number of phenols is 4. The fourth-order valence-electron chi connectivity index (χ4n) is 2.54. The maximum absolute atomic E-state index is 10.4. The number of ether oxygens (including phenoxy) is 1. The van der Waals surface area contributed by atoms with Crippen LogP contribution in [0.15, 0.2) is 30.3 Å². The molecule has 0 spiro atoms. The molecule has 0 saturated heterocycles. The molecule has 0 aromatic heterocycles. The average Bonchev–Trinajstić information content (AvgIpc) is 2.41. The Kier molecular flexibility index (Phi) is 3.03. The molecule has 1 heterocycles. The lowest BCUT2D eigenvalue weighted by molar-refractivity contribution is 0.0857. The zero-order chi connectivity index (χ0) is 15.1. The zero-order valence-corrected chi connectivity index (χ0v) is 10.9. The van der Waals surface area contributed by atoms with Crippen molar-refractivity contribution >= 4 is 0 Å². The highest BCUT2D eigenvalue weighted by atomic mass is 16.5. The first-order valence-electron chi connectivity index (χ1n) is 6.36. The van der Waals surface area contributed by atoms with Gasteiger partial charge in [0, 0.05) is 18.1 Å². The molecule has 0 fully saturated rings. The van der Waals surface area contributed by atoms with Gasteiger partial charge in [-0.2, -0.15) is 0 Å². The number of phenolic OH excluding ortho intramolecular Hbond substituents is 4. The van der Waals surface area contributed by atoms with E-state index < -0.39 is 12.0 Å². The van der Waals surface area contributed by atoms with E-state index >= 15 is 0 Å². The minimum absolute atomic E-state index is 0.112. The van der Waals surface area contributed by atoms with Crippen LogP contribution >= 0.6 is 0 Å². The van der Waals surface area contributed by atoms with E-state index in [1.165, 1.54) is 18.2 Å². The first kappa shape index (κ1) is 13.4. The molecule has 6 heteroatoms. The number of hydrogen-bond donors (Lipinski definition) is 5. The molecule has 1 aliphatic rings. The molecule has 2 atom stereocenters. The SMILES string of the molecule is Oc1cc(O)c2c(c1)OCC(c1ccc(O)c(O)c1)C2O. The van der Waals surface area contributed by atoms with Gasteiger partial charge in [-0.3, -0.25) is 0 Å². The molecule has 5 N–H and O–H groups in total. The third-order valence-electron chi connectivity index (χ3n) is 3.63. The van der Waals surface area contributed by atoms with Crippen LogP contribution in [-0.4, -0.2) is 32.1 Å². The largest absolute Gasteiger partial charge is 0.508 e. The number of hydrogen-bond acceptors (Lipinski definition) is 6. The monoisotopic (exact) mass is 290 g/mol. The van der Waals surface area contributed by atoms with E-state index in [0.29, 0.717) is 5.56 Å². The van der Waals surface area contributed by atoms with Crippen molar-refractivity contribution < 1.29 is 30.3 Å². The van der Waals surface area contributed by atoms with Crippen LogP contribution in [0.25, 0.3) is 0 Å². The van der Waals surface area contributed by atoms with E-state index in [1.807, 2.05) is 0 Å². The van der Waals surface area contributed by atoms with Crippen LogP contribution in [0.2, 0.25) is 0 Å². The minimum Gasteiger partial charge on any atom is -0.508 e. The van der Waals surface area contributed by atoms with Gasteiger partial charge in [0.15, 0.2) is 11.5 Å². The third-order valence-corrected chi connectivity index (χ3v) is 3.63. The Hall–Kier alpha value is -2.60. The van der Waals surface area contributed by atoms with E-state index in [-0.39, 0.29) is 40.9 Å². The molecular weight excluding hydrogens is 276 g/mol. The highest BCUT2D eigenvalue weighted by Crippen LogP contribution is 2.47. The van der Waals surface area contributed by atoms with Crippen molar-refractivity contribution in [2.75, 3.05) is 6.61 Å². The van der Waals surface area contributed by atoms with Gasteiger partial charge in [-0.15, -0.1) is 0 Å². The number of aliphatic hydroxyl groups excluding tert-OH is 1. The molecule has 0 saturated carbocycles. The van der Waals surface area contributed by atoms with Gasteiger partial charge in [0.1, 0.15) is 17.2 Å². The van der Waals surface area contributed by atoms with Crippen molar-refractivity contribution in [3.63, 3.8) is 0 Å². The van der Waals surface area contributed by atoms with E-state index in [2.05, 4.69) is 0 Å². The Bertz CT molecular complexity index is 697. The van der Waals surface area contributed by atoms with Crippen LogP contribution in [0.5, 0.6) is 28.7 Å². The minimum atomic E-state index is -1.06. The molecule has 1 aliphatic heterocycles. The second-order valence-corrected chi connectivity index (χ2v) is 4.99. The Morgan fingerprint density at radius 1 is 0.905 bits per heavy atom. The first-order valence-corrected chi connectivity index (χ1v) is 6.36. The quantitative estimate of drug-likeness (QED) is 0.511. The standard InChI is InChI=1S/C15H14O6/c16-8-4-12(19)14-13(5-8)21-6-9(15(14)20)7-1-2-10(17)11(18)3-7/h1-5,9,15-20H,6H2. The summed E-state index contributed by atoms with van der Waals surface area (Å²) in [5.74, 6) is -1.25. The summed E-state index contributed by atoms with van der Waals surface area (Å²) >= 11 is 0. The molecule has 0 radical (unpaired) electrons. The Balaban J connectivity index is 2.02. The maximum Gasteiger partial charge on any atom is 0.157 e. The molecule has 0 aliphatic carbocycles. The Labute approximate surface area is 120 Å². The third kappa shape index (κ3) is 2.19. The van der Waals surface area contributed by atoms with Gasteiger partial charge in [0.2, 0.25) is 0 Å². The highest BCUT2D eigenvalue weighted by molar-refractivity contribution is 5.53. The fraction of sp³-hybridized carbons (Fsp3) is 0.200. The first-order chi connectivity index (χ1) is 9.97. The van der Waals surface area contributed by atoms with Crippen LogP contribution < -0.4 is 4.74 Å². The predicted molar refractivity (Wildman–Crippen MR) is 72.7 cm³/mol. The molecule has 3 rings (SSSR count). The highest BCUT2D eigenvalue weighted by Gasteiger charge is 2.33. The predicted octanol–water partition coefficient (Wildman–Crippen LogP) is 1.72. The number of aromatic hydroxyl groups is 4. The van der Waals surface area contributed by atoms with Gasteiger partial charge in [-0.1, -0.05) is 6.07 Å². The van der Waals surface area contributed by atoms with Crippen molar-refractivity contribution in [2.24, 2.45) is 0 Å². The average molecular weight is 290 g/mol. The number of aliphatic hydroxyl groups is 1. The van der Waals surface area contributed by atoms with Gasteiger partial charge in [0.25, 0.3) is 0 Å². The van der Waals surface area contributed by atoms with Crippen LogP contribution in [-0.2, 0) is 0 Å². The second kappa shape index (κ2) is 4.75. The van der Waals surface area contributed by atoms with Gasteiger partial charge < -0.3 is 30.3 Å². The summed E-state index contributed by atoms with van der Waals surface area (Å²) in [6.45, 7) is 0.112. The fourth-order valence-corrected chi connectivity index (χ4v) is 2.54. The van der Waals surface area contributed by atoms with E-state index in [4.69, 9.17) is 4.74 Å². The lowest BCUT2D eigenvalue weighted by Gasteiger charge is -2.31. The number of benzene rings is 2. The van der Waals surface area contributed by atoms with Crippen LogP contribution in [0, 0.1) is 0 Å². The van der Waals surface area contributed by atoms with Crippen molar-refractivity contribution in [1.29, 1.82) is 0 Å². The topological polar surface area (TPSA) is 110 Å². The second-order valence-electron chi connectivity index (χ2n) is 4.99. The molecular formula is C15H14O6. The lowest BCUT2D eigenvalue weighted by Crippen LogP contribution is -2.24. The summed E-state index contributed by atoms with van der Waals surface area (Å²) < 4.78 is 5.47. The van der Waals surface area contributed by atoms with Gasteiger partial charge >= 0.3 is 0 Å². The van der Waals surface area contributed by atoms with Gasteiger partial charge in [-0.25, -0.2) is 0 Å². The van der Waals surface area contributed by atoms with Crippen LogP contribution in [0.1, 0.15) is 23.1 Å². The maximum atomic E-state index is 10.4. The van der Waals surface area contributed by atoms with Gasteiger partial charge in [-0.05, 0) is 17.7 Å². The summed E-state index contributed by atoms with van der Waals surface area (Å²) in [6.07, 6.45) is -1.06. The summed E-state index contributed by atoms with van der Waals surface area (Å²) in [7, 11) is 0. The van der Waals surface area contributed by atoms with Crippen molar-refractivity contribution in [1.82, 2.24) is 0 Å². The summed E-state index contributed by atoms with van der Waals surface area (Å²) in [6, 6.07) is 6.68. The normalized spacial score (nSPS) is 20.6. The van der Waals surface area contributed by atoms with Crippen molar-refractivity contribution in [3.05, 3.63) is 41.5 Å². The smallest absolute Gasteiger partial charge is 0.157 e. The number of rotatable bonds is 1. The van der Waals surface area contributed by atoms with Crippen molar-refractivity contribution in [2.45, 2.75) is 12.0 Å². The van der Waals surface area contributed by atoms with Crippen LogP contribution in [0.4, 0.5) is 0 Å². The molecule has 0 amide bonds. The van der Waals surface area contributed by atoms with E-state index in [9.17, 15) is 25.5 Å². The lowest BCUT2D eigenvalue weighted by atomic mass is 9.87. The summed E-state index contributed by atoms with van der Waals surface area (Å²) in [5.41, 5.74) is 0.757. The Morgan fingerprint density at radius 3 is 2.38 bits per heavy atom. The zero-order valence-electron chi connectivity index (χ0n) is 10.9. The molecule has 21 heavy (non-hydrogen) atoms. The number of fused-ring (bicyclic) bond motifs is 1. The molecule has 2 unspecified atom stereocenters. The van der Waals surface area contributed by atoms with Gasteiger partial charge in [0.05, 0.1) is 18.3 Å². The van der Waals surface area contributed by atoms with E-state index in [1.54, 1.807) is 6.07 Å². The summed E-state index contributed by atoms with van der Waals surface area (Å²) in [5, 5.41) is 48.6. The molecule has 110 valence electrons. The molecule has 6 nitrogen and oxygen atoms in total. The molecule has 0 bridgehead atoms. The summed E-state index contributed by atoms with van der Waals surface area (Å²) in [4.78, 5) is 0. The van der Waals surface area contributed by atoms with E-state index in [0.717, 1.165) is 6.07 Å². The molecule has 2 aromatic rings. The Morgan fingerprint density at radius 2 is 1.67 bits per heavy atom.